The third-order valence-electron chi connectivity index (χ3n) is 4.97. The van der Waals surface area contributed by atoms with Crippen molar-refractivity contribution < 1.29 is 27.4 Å². The van der Waals surface area contributed by atoms with Crippen LogP contribution < -0.4 is 10.2 Å². The summed E-state index contributed by atoms with van der Waals surface area (Å²) in [6.45, 7) is 2.73. The van der Waals surface area contributed by atoms with Gasteiger partial charge in [-0.05, 0) is 24.3 Å². The Kier molecular flexibility index (Phi) is 4.94. The van der Waals surface area contributed by atoms with Gasteiger partial charge in [0.15, 0.2) is 23.2 Å². The fraction of sp³-hybridized carbons (Fsp3) is 0.368. The van der Waals surface area contributed by atoms with Crippen LogP contribution in [0.1, 0.15) is 23.2 Å². The number of rotatable bonds is 3. The summed E-state index contributed by atoms with van der Waals surface area (Å²) in [5.41, 5.74) is 0.271. The number of nitrogens with one attached hydrogen (secondary N) is 1. The van der Waals surface area contributed by atoms with Gasteiger partial charge in [0, 0.05) is 25.9 Å². The molecule has 2 saturated heterocycles. The van der Waals surface area contributed by atoms with E-state index in [9.17, 15) is 18.0 Å². The number of carbonyl (C=O) groups excluding carboxylic acids is 1. The van der Waals surface area contributed by atoms with Gasteiger partial charge in [-0.15, -0.1) is 0 Å². The lowest BCUT2D eigenvalue weighted by atomic mass is 10.0. The highest BCUT2D eigenvalue weighted by atomic mass is 19.2. The van der Waals surface area contributed by atoms with Gasteiger partial charge in [-0.1, -0.05) is 0 Å². The molecule has 0 saturated carbocycles. The average molecular weight is 393 g/mol. The molecule has 148 valence electrons. The Hall–Kier alpha value is -2.65. The standard InChI is InChI=1S/C19H18F3N3O3/c20-14-3-2-13(16(21)17(14)22)18(26)24-15-4-1-12(11-23-15)25-7-5-19(6-8-25)27-9-10-28-19/h1-4,11H,5-10H2,(H,23,24,26). The van der Waals surface area contributed by atoms with Gasteiger partial charge in [-0.3, -0.25) is 4.79 Å². The van der Waals surface area contributed by atoms with Crippen molar-refractivity contribution in [3.63, 3.8) is 0 Å². The Bertz CT molecular complexity index is 876. The summed E-state index contributed by atoms with van der Waals surface area (Å²) in [5, 5.41) is 2.38. The number of halogens is 3. The zero-order valence-electron chi connectivity index (χ0n) is 14.9. The Morgan fingerprint density at radius 3 is 2.39 bits per heavy atom. The lowest BCUT2D eigenvalue weighted by Crippen LogP contribution is -2.45. The number of hydrogen-bond acceptors (Lipinski definition) is 5. The van der Waals surface area contributed by atoms with Crippen LogP contribution in [0.3, 0.4) is 0 Å². The van der Waals surface area contributed by atoms with Crippen molar-refractivity contribution in [2.24, 2.45) is 0 Å². The number of piperidine rings is 1. The molecule has 0 bridgehead atoms. The van der Waals surface area contributed by atoms with Gasteiger partial charge < -0.3 is 19.7 Å². The third kappa shape index (κ3) is 3.55. The minimum atomic E-state index is -1.69. The van der Waals surface area contributed by atoms with E-state index in [0.717, 1.165) is 37.7 Å². The van der Waals surface area contributed by atoms with Gasteiger partial charge in [0.25, 0.3) is 5.91 Å². The number of carbonyl (C=O) groups is 1. The molecule has 6 nitrogen and oxygen atoms in total. The zero-order chi connectivity index (χ0) is 19.7. The van der Waals surface area contributed by atoms with Crippen molar-refractivity contribution in [2.75, 3.05) is 36.5 Å². The number of benzene rings is 1. The van der Waals surface area contributed by atoms with E-state index in [-0.39, 0.29) is 5.82 Å². The van der Waals surface area contributed by atoms with Crippen LogP contribution in [0.4, 0.5) is 24.7 Å². The van der Waals surface area contributed by atoms with Crippen LogP contribution in [0.5, 0.6) is 0 Å². The monoisotopic (exact) mass is 393 g/mol. The molecule has 2 aliphatic heterocycles. The van der Waals surface area contributed by atoms with Crippen molar-refractivity contribution in [2.45, 2.75) is 18.6 Å². The summed E-state index contributed by atoms with van der Waals surface area (Å²) in [6.07, 6.45) is 3.09. The maximum atomic E-state index is 13.7. The molecule has 2 fully saturated rings. The van der Waals surface area contributed by atoms with Crippen molar-refractivity contribution in [3.8, 4) is 0 Å². The Morgan fingerprint density at radius 2 is 1.75 bits per heavy atom. The van der Waals surface area contributed by atoms with E-state index in [1.165, 1.54) is 0 Å². The molecule has 1 amide bonds. The number of aromatic nitrogens is 1. The molecule has 0 unspecified atom stereocenters. The summed E-state index contributed by atoms with van der Waals surface area (Å²) in [6, 6.07) is 4.93. The molecule has 1 spiro atoms. The average Bonchev–Trinajstić information content (AvgIpc) is 3.15. The molecule has 1 N–H and O–H groups in total. The van der Waals surface area contributed by atoms with Gasteiger partial charge >= 0.3 is 0 Å². The highest BCUT2D eigenvalue weighted by Crippen LogP contribution is 2.33. The molecule has 0 radical (unpaired) electrons. The van der Waals surface area contributed by atoms with E-state index >= 15 is 0 Å². The minimum Gasteiger partial charge on any atom is -0.370 e. The summed E-state index contributed by atoms with van der Waals surface area (Å²) in [5.74, 6) is -5.78. The van der Waals surface area contributed by atoms with E-state index in [0.29, 0.717) is 19.3 Å². The molecule has 2 aliphatic rings. The number of amides is 1. The number of pyridine rings is 1. The lowest BCUT2D eigenvalue weighted by molar-refractivity contribution is -0.169. The Morgan fingerprint density at radius 1 is 1.04 bits per heavy atom. The van der Waals surface area contributed by atoms with Crippen LogP contribution in [0, 0.1) is 17.5 Å². The third-order valence-corrected chi connectivity index (χ3v) is 4.97. The van der Waals surface area contributed by atoms with Crippen LogP contribution in [0.2, 0.25) is 0 Å². The number of nitrogens with zero attached hydrogens (tertiary/aromatic N) is 2. The fourth-order valence-corrected chi connectivity index (χ4v) is 3.42. The molecule has 0 aliphatic carbocycles. The molecule has 0 atom stereocenters. The first-order chi connectivity index (χ1) is 13.5. The highest BCUT2D eigenvalue weighted by Gasteiger charge is 2.39. The van der Waals surface area contributed by atoms with E-state index in [4.69, 9.17) is 9.47 Å². The highest BCUT2D eigenvalue weighted by molar-refractivity contribution is 6.04. The first-order valence-electron chi connectivity index (χ1n) is 8.91. The molecule has 2 aromatic rings. The van der Waals surface area contributed by atoms with Gasteiger partial charge in [0.1, 0.15) is 5.82 Å². The van der Waals surface area contributed by atoms with Crippen molar-refractivity contribution in [3.05, 3.63) is 53.5 Å². The first-order valence-corrected chi connectivity index (χ1v) is 8.91. The SMILES string of the molecule is O=C(Nc1ccc(N2CCC3(CC2)OCCO3)cn1)c1ccc(F)c(F)c1F. The predicted octanol–water partition coefficient (Wildman–Crippen LogP) is 3.09. The summed E-state index contributed by atoms with van der Waals surface area (Å²) in [7, 11) is 0. The van der Waals surface area contributed by atoms with E-state index in [2.05, 4.69) is 15.2 Å². The van der Waals surface area contributed by atoms with E-state index in [1.54, 1.807) is 18.3 Å². The molecule has 4 rings (SSSR count). The first kappa shape index (κ1) is 18.7. The van der Waals surface area contributed by atoms with E-state index in [1.807, 2.05) is 0 Å². The molecule has 1 aromatic carbocycles. The number of hydrogen-bond donors (Lipinski definition) is 1. The number of anilines is 2. The molecule has 1 aromatic heterocycles. The van der Waals surface area contributed by atoms with Crippen LogP contribution in [-0.4, -0.2) is 43.0 Å². The van der Waals surface area contributed by atoms with Gasteiger partial charge in [-0.2, -0.15) is 0 Å². The second kappa shape index (κ2) is 7.40. The van der Waals surface area contributed by atoms with Crippen molar-refractivity contribution in [1.29, 1.82) is 0 Å². The largest absolute Gasteiger partial charge is 0.370 e. The predicted molar refractivity (Wildman–Crippen MR) is 94.6 cm³/mol. The van der Waals surface area contributed by atoms with Crippen molar-refractivity contribution >= 4 is 17.4 Å². The second-order valence-corrected chi connectivity index (χ2v) is 6.67. The molecule has 9 heteroatoms. The molecule has 28 heavy (non-hydrogen) atoms. The van der Waals surface area contributed by atoms with Gasteiger partial charge in [0.2, 0.25) is 0 Å². The topological polar surface area (TPSA) is 63.7 Å². The smallest absolute Gasteiger partial charge is 0.259 e. The molecular weight excluding hydrogens is 375 g/mol. The normalized spacial score (nSPS) is 18.5. The van der Waals surface area contributed by atoms with Crippen LogP contribution in [-0.2, 0) is 9.47 Å². The summed E-state index contributed by atoms with van der Waals surface area (Å²) < 4.78 is 51.4. The van der Waals surface area contributed by atoms with Crippen LogP contribution in [0.25, 0.3) is 0 Å². The molecular formula is C19H18F3N3O3. The molecule has 3 heterocycles. The second-order valence-electron chi connectivity index (χ2n) is 6.67. The maximum Gasteiger partial charge on any atom is 0.259 e. The van der Waals surface area contributed by atoms with Gasteiger partial charge in [-0.25, -0.2) is 18.2 Å². The van der Waals surface area contributed by atoms with Crippen molar-refractivity contribution in [1.82, 2.24) is 4.98 Å². The number of ether oxygens (including phenoxy) is 2. The lowest BCUT2D eigenvalue weighted by Gasteiger charge is -2.38. The summed E-state index contributed by atoms with van der Waals surface area (Å²) >= 11 is 0. The minimum absolute atomic E-state index is 0.175. The Balaban J connectivity index is 1.40. The summed E-state index contributed by atoms with van der Waals surface area (Å²) in [4.78, 5) is 18.4. The fourth-order valence-electron chi connectivity index (χ4n) is 3.42. The zero-order valence-corrected chi connectivity index (χ0v) is 14.9. The quantitative estimate of drug-likeness (QED) is 0.812. The maximum absolute atomic E-state index is 13.7. The van der Waals surface area contributed by atoms with E-state index < -0.39 is 34.7 Å². The Labute approximate surface area is 159 Å². The van der Waals surface area contributed by atoms with Crippen LogP contribution >= 0.6 is 0 Å². The van der Waals surface area contributed by atoms with Gasteiger partial charge in [0.05, 0.1) is 30.7 Å². The van der Waals surface area contributed by atoms with Crippen LogP contribution in [0.15, 0.2) is 30.5 Å².